The molecular formula is C6H10N2O3. The monoisotopic (exact) mass is 158 g/mol. The van der Waals surface area contributed by atoms with Crippen LogP contribution < -0.4 is 5.73 Å². The summed E-state index contributed by atoms with van der Waals surface area (Å²) in [5, 5.41) is 8.36. The van der Waals surface area contributed by atoms with E-state index in [0.29, 0.717) is 4.90 Å². The summed E-state index contributed by atoms with van der Waals surface area (Å²) >= 11 is 0. The van der Waals surface area contributed by atoms with Crippen molar-refractivity contribution in [2.75, 3.05) is 6.67 Å². The van der Waals surface area contributed by atoms with Crippen molar-refractivity contribution in [1.29, 1.82) is 0 Å². The van der Waals surface area contributed by atoms with Crippen molar-refractivity contribution >= 4 is 12.0 Å². The van der Waals surface area contributed by atoms with Crippen LogP contribution in [-0.2, 0) is 4.79 Å². The molecule has 0 aromatic heterocycles. The van der Waals surface area contributed by atoms with Gasteiger partial charge in [0.05, 0.1) is 6.67 Å². The highest BCUT2D eigenvalue weighted by atomic mass is 16.4. The summed E-state index contributed by atoms with van der Waals surface area (Å²) in [6, 6.07) is 0. The molecule has 0 aromatic carbocycles. The van der Waals surface area contributed by atoms with Crippen LogP contribution in [0.5, 0.6) is 0 Å². The van der Waals surface area contributed by atoms with Crippen LogP contribution in [0.15, 0.2) is 12.7 Å². The lowest BCUT2D eigenvalue weighted by molar-refractivity contribution is -0.128. The number of carbonyl (C=O) groups excluding carboxylic acids is 1. The van der Waals surface area contributed by atoms with E-state index in [1.165, 1.54) is 6.08 Å². The third kappa shape index (κ3) is 2.81. The predicted octanol–water partition coefficient (Wildman–Crippen LogP) is -0.0147. The smallest absolute Gasteiger partial charge is 0.415 e. The van der Waals surface area contributed by atoms with E-state index in [0.717, 1.165) is 0 Å². The van der Waals surface area contributed by atoms with Crippen molar-refractivity contribution in [3.8, 4) is 0 Å². The number of imide groups is 1. The molecule has 5 heteroatoms. The number of carboxylic acid groups (broad SMARTS) is 1. The molecule has 2 amide bonds. The zero-order valence-corrected chi connectivity index (χ0v) is 5.99. The van der Waals surface area contributed by atoms with Gasteiger partial charge in [0.15, 0.2) is 0 Å². The quantitative estimate of drug-likeness (QED) is 0.446. The molecule has 0 spiro atoms. The van der Waals surface area contributed by atoms with Gasteiger partial charge in [-0.1, -0.05) is 6.08 Å². The Labute approximate surface area is 64.1 Å². The lowest BCUT2D eigenvalue weighted by atomic mass is 10.4. The van der Waals surface area contributed by atoms with Gasteiger partial charge in [-0.15, -0.1) is 6.58 Å². The molecular weight excluding hydrogens is 148 g/mol. The van der Waals surface area contributed by atoms with Gasteiger partial charge in [-0.3, -0.25) is 4.79 Å². The Hall–Kier alpha value is -1.36. The normalized spacial score (nSPS) is 8.82. The lowest BCUT2D eigenvalue weighted by Gasteiger charge is -2.12. The van der Waals surface area contributed by atoms with Crippen LogP contribution in [0.25, 0.3) is 0 Å². The van der Waals surface area contributed by atoms with E-state index >= 15 is 0 Å². The standard InChI is InChI=1S/C6H10N2O3/c1-2-3-5(9)8(4-7)6(10)11/h2H,1,3-4,7H2,(H,10,11). The van der Waals surface area contributed by atoms with Gasteiger partial charge in [0.1, 0.15) is 0 Å². The number of hydrogen-bond donors (Lipinski definition) is 2. The molecule has 0 fully saturated rings. The molecule has 62 valence electrons. The van der Waals surface area contributed by atoms with Crippen LogP contribution in [0.2, 0.25) is 0 Å². The number of carbonyl (C=O) groups is 2. The topological polar surface area (TPSA) is 83.6 Å². The van der Waals surface area contributed by atoms with Crippen molar-refractivity contribution in [1.82, 2.24) is 4.90 Å². The molecule has 0 aliphatic heterocycles. The summed E-state index contributed by atoms with van der Waals surface area (Å²) in [5.74, 6) is -0.560. The molecule has 5 nitrogen and oxygen atoms in total. The maximum Gasteiger partial charge on any atom is 0.415 e. The molecule has 3 N–H and O–H groups in total. The van der Waals surface area contributed by atoms with Gasteiger partial charge in [0.25, 0.3) is 0 Å². The van der Waals surface area contributed by atoms with E-state index < -0.39 is 12.0 Å². The van der Waals surface area contributed by atoms with E-state index in [1.54, 1.807) is 0 Å². The Balaban J connectivity index is 4.13. The molecule has 0 aromatic rings. The Kier molecular flexibility index (Phi) is 3.90. The zero-order chi connectivity index (χ0) is 8.85. The summed E-state index contributed by atoms with van der Waals surface area (Å²) in [5.41, 5.74) is 4.99. The fourth-order valence-electron chi connectivity index (χ4n) is 0.520. The lowest BCUT2D eigenvalue weighted by Crippen LogP contribution is -2.39. The molecule has 0 bridgehead atoms. The Morgan fingerprint density at radius 2 is 2.18 bits per heavy atom. The second-order valence-electron chi connectivity index (χ2n) is 1.78. The van der Waals surface area contributed by atoms with Crippen molar-refractivity contribution in [2.45, 2.75) is 6.42 Å². The van der Waals surface area contributed by atoms with Crippen molar-refractivity contribution in [2.24, 2.45) is 5.73 Å². The third-order valence-corrected chi connectivity index (χ3v) is 1.03. The molecule has 0 radical (unpaired) electrons. The zero-order valence-electron chi connectivity index (χ0n) is 5.99. The van der Waals surface area contributed by atoms with Gasteiger partial charge in [-0.25, -0.2) is 9.69 Å². The van der Waals surface area contributed by atoms with Crippen molar-refractivity contribution in [3.63, 3.8) is 0 Å². The van der Waals surface area contributed by atoms with Gasteiger partial charge >= 0.3 is 6.09 Å². The molecule has 0 rings (SSSR count). The Morgan fingerprint density at radius 1 is 1.64 bits per heavy atom. The Morgan fingerprint density at radius 3 is 2.45 bits per heavy atom. The summed E-state index contributed by atoms with van der Waals surface area (Å²) in [4.78, 5) is 21.6. The maximum absolute atomic E-state index is 10.8. The first-order valence-electron chi connectivity index (χ1n) is 2.97. The van der Waals surface area contributed by atoms with Gasteiger partial charge in [-0.2, -0.15) is 0 Å². The summed E-state index contributed by atoms with van der Waals surface area (Å²) < 4.78 is 0. The minimum atomic E-state index is -1.33. The fraction of sp³-hybridized carbons (Fsp3) is 0.333. The number of nitrogens with zero attached hydrogens (tertiary/aromatic N) is 1. The molecule has 0 atom stereocenters. The summed E-state index contributed by atoms with van der Waals surface area (Å²) in [7, 11) is 0. The number of amides is 2. The van der Waals surface area contributed by atoms with Crippen LogP contribution in [0.3, 0.4) is 0 Å². The minimum Gasteiger partial charge on any atom is -0.465 e. The summed E-state index contributed by atoms with van der Waals surface area (Å²) in [6.07, 6.45) is -0.0170. The van der Waals surface area contributed by atoms with E-state index in [9.17, 15) is 9.59 Å². The highest BCUT2D eigenvalue weighted by molar-refractivity contribution is 5.91. The first-order chi connectivity index (χ1) is 5.13. The van der Waals surface area contributed by atoms with Gasteiger partial charge in [0, 0.05) is 6.42 Å². The van der Waals surface area contributed by atoms with Crippen LogP contribution in [0, 0.1) is 0 Å². The second kappa shape index (κ2) is 4.45. The average molecular weight is 158 g/mol. The third-order valence-electron chi connectivity index (χ3n) is 1.03. The molecule has 0 saturated carbocycles. The second-order valence-corrected chi connectivity index (χ2v) is 1.78. The highest BCUT2D eigenvalue weighted by Gasteiger charge is 2.16. The van der Waals surface area contributed by atoms with Crippen LogP contribution in [0.4, 0.5) is 4.79 Å². The fourth-order valence-corrected chi connectivity index (χ4v) is 0.520. The van der Waals surface area contributed by atoms with Crippen molar-refractivity contribution < 1.29 is 14.7 Å². The van der Waals surface area contributed by atoms with E-state index in [-0.39, 0.29) is 13.1 Å². The molecule has 11 heavy (non-hydrogen) atoms. The van der Waals surface area contributed by atoms with E-state index in [4.69, 9.17) is 10.8 Å². The van der Waals surface area contributed by atoms with E-state index in [2.05, 4.69) is 6.58 Å². The van der Waals surface area contributed by atoms with Crippen LogP contribution >= 0.6 is 0 Å². The molecule has 0 aliphatic carbocycles. The maximum atomic E-state index is 10.8. The highest BCUT2D eigenvalue weighted by Crippen LogP contribution is 1.92. The first-order valence-corrected chi connectivity index (χ1v) is 2.97. The van der Waals surface area contributed by atoms with Gasteiger partial charge in [0.2, 0.25) is 5.91 Å². The number of nitrogens with two attached hydrogens (primary N) is 1. The van der Waals surface area contributed by atoms with Gasteiger partial charge in [-0.05, 0) is 0 Å². The largest absolute Gasteiger partial charge is 0.465 e. The van der Waals surface area contributed by atoms with Crippen LogP contribution in [-0.4, -0.2) is 28.7 Å². The summed E-state index contributed by atoms with van der Waals surface area (Å²) in [6.45, 7) is 2.98. The molecule has 0 heterocycles. The molecule has 0 aliphatic rings. The SMILES string of the molecule is C=CCC(=O)N(CN)C(=O)O. The van der Waals surface area contributed by atoms with Crippen LogP contribution in [0.1, 0.15) is 6.42 Å². The Bertz CT molecular complexity index is 179. The van der Waals surface area contributed by atoms with Crippen molar-refractivity contribution in [3.05, 3.63) is 12.7 Å². The average Bonchev–Trinajstić information content (AvgIpc) is 1.88. The number of rotatable bonds is 3. The number of hydrogen-bond acceptors (Lipinski definition) is 3. The minimum absolute atomic E-state index is 0.0104. The van der Waals surface area contributed by atoms with E-state index in [1.807, 2.05) is 0 Å². The van der Waals surface area contributed by atoms with Gasteiger partial charge < -0.3 is 10.8 Å². The predicted molar refractivity (Wildman–Crippen MR) is 38.7 cm³/mol. The molecule has 0 saturated heterocycles. The first kappa shape index (κ1) is 9.64. The molecule has 0 unspecified atom stereocenters.